The second kappa shape index (κ2) is 3.94. The first kappa shape index (κ1) is 10.3. The van der Waals surface area contributed by atoms with E-state index in [0.717, 1.165) is 0 Å². The Morgan fingerprint density at radius 2 is 1.45 bits per heavy atom. The molecule has 0 aromatic heterocycles. The molecule has 0 saturated carbocycles. The van der Waals surface area contributed by atoms with Crippen molar-refractivity contribution in [2.75, 3.05) is 0 Å². The van der Waals surface area contributed by atoms with E-state index in [1.54, 1.807) is 0 Å². The van der Waals surface area contributed by atoms with Gasteiger partial charge in [0, 0.05) is 0 Å². The van der Waals surface area contributed by atoms with Crippen LogP contribution in [-0.2, 0) is 0 Å². The van der Waals surface area contributed by atoms with Gasteiger partial charge < -0.3 is 0 Å². The first-order valence-corrected chi connectivity index (χ1v) is 18.9. The van der Waals surface area contributed by atoms with Gasteiger partial charge in [0.25, 0.3) is 0 Å². The summed E-state index contributed by atoms with van der Waals surface area (Å²) < 4.78 is 1.34. The number of hydrogen-bond donors (Lipinski definition) is 0. The molecule has 1 aromatic carbocycles. The molecule has 0 spiro atoms. The van der Waals surface area contributed by atoms with Crippen LogP contribution in [0.4, 0.5) is 0 Å². The van der Waals surface area contributed by atoms with E-state index in [9.17, 15) is 0 Å². The topological polar surface area (TPSA) is 0 Å². The predicted octanol–water partition coefficient (Wildman–Crippen LogP) is 3.33. The van der Waals surface area contributed by atoms with Gasteiger partial charge >= 0.3 is 90.9 Å². The standard InChI is InChI=1S/C7H7Br3Ge/c1-6-2-4-7(5-3-6)11(8,9)10/h2-5H,1H3. The molecule has 60 valence electrons. The molecule has 0 heterocycles. The van der Waals surface area contributed by atoms with Crippen LogP contribution in [-0.4, -0.2) is 7.74 Å². The molecule has 0 bridgehead atoms. The van der Waals surface area contributed by atoms with Gasteiger partial charge in [-0.15, -0.1) is 0 Å². The summed E-state index contributed by atoms with van der Waals surface area (Å²) in [5, 5.41) is 0. The van der Waals surface area contributed by atoms with Crippen molar-refractivity contribution in [3.05, 3.63) is 29.8 Å². The second-order valence-electron chi connectivity index (χ2n) is 2.36. The fraction of sp³-hybridized carbons (Fsp3) is 0.143. The van der Waals surface area contributed by atoms with Gasteiger partial charge in [-0.1, -0.05) is 0 Å². The van der Waals surface area contributed by atoms with Crippen LogP contribution in [0.5, 0.6) is 0 Å². The van der Waals surface area contributed by atoms with Gasteiger partial charge in [0.05, 0.1) is 0 Å². The first-order chi connectivity index (χ1) is 5.00. The Kier molecular flexibility index (Phi) is 3.68. The summed E-state index contributed by atoms with van der Waals surface area (Å²) in [5.74, 6) is 0. The van der Waals surface area contributed by atoms with E-state index in [-0.39, 0.29) is 0 Å². The Hall–Kier alpha value is 1.20. The molecule has 0 atom stereocenters. The number of rotatable bonds is 1. The minimum absolute atomic E-state index is 1.30. The maximum atomic E-state index is 3.63. The third-order valence-corrected chi connectivity index (χ3v) is 10.6. The van der Waals surface area contributed by atoms with Crippen LogP contribution in [0.15, 0.2) is 24.3 Å². The van der Waals surface area contributed by atoms with Crippen LogP contribution >= 0.6 is 42.0 Å². The zero-order chi connectivity index (χ0) is 8.48. The molecule has 0 saturated heterocycles. The van der Waals surface area contributed by atoms with Crippen LogP contribution in [0.1, 0.15) is 5.56 Å². The van der Waals surface area contributed by atoms with Gasteiger partial charge in [-0.25, -0.2) is 0 Å². The fourth-order valence-electron chi connectivity index (χ4n) is 0.743. The van der Waals surface area contributed by atoms with Crippen LogP contribution in [0, 0.1) is 6.92 Å². The average Bonchev–Trinajstić information content (AvgIpc) is 1.86. The quantitative estimate of drug-likeness (QED) is 0.631. The summed E-state index contributed by atoms with van der Waals surface area (Å²) in [4.78, 5) is 0. The molecule has 0 fully saturated rings. The van der Waals surface area contributed by atoms with Gasteiger partial charge in [0.1, 0.15) is 0 Å². The van der Waals surface area contributed by atoms with Crippen molar-refractivity contribution in [3.8, 4) is 0 Å². The molecule has 1 aromatic rings. The van der Waals surface area contributed by atoms with E-state index in [1.807, 2.05) is 0 Å². The van der Waals surface area contributed by atoms with E-state index < -0.39 is 7.74 Å². The molecule has 0 radical (unpaired) electrons. The van der Waals surface area contributed by atoms with E-state index >= 15 is 0 Å². The van der Waals surface area contributed by atoms with Crippen molar-refractivity contribution in [3.63, 3.8) is 0 Å². The van der Waals surface area contributed by atoms with Crippen molar-refractivity contribution in [2.45, 2.75) is 6.92 Å². The van der Waals surface area contributed by atoms with Gasteiger partial charge in [-0.3, -0.25) is 0 Å². The third kappa shape index (κ3) is 3.21. The fourth-order valence-corrected chi connectivity index (χ4v) is 6.01. The molecule has 4 heteroatoms. The Balaban J connectivity index is 2.99. The summed E-state index contributed by atoms with van der Waals surface area (Å²) in [7, 11) is -2.09. The summed E-state index contributed by atoms with van der Waals surface area (Å²) in [6.45, 7) is 2.09. The van der Waals surface area contributed by atoms with Crippen molar-refractivity contribution in [2.24, 2.45) is 0 Å². The molecule has 11 heavy (non-hydrogen) atoms. The zero-order valence-corrected chi connectivity index (χ0v) is 12.8. The molecule has 0 nitrogen and oxygen atoms in total. The minimum atomic E-state index is -2.09. The molecule has 0 N–H and O–H groups in total. The number of hydrogen-bond acceptors (Lipinski definition) is 0. The molecular formula is C7H7Br3Ge. The van der Waals surface area contributed by atoms with E-state index in [1.165, 1.54) is 9.96 Å². The predicted molar refractivity (Wildman–Crippen MR) is 63.3 cm³/mol. The monoisotopic (exact) mass is 402 g/mol. The van der Waals surface area contributed by atoms with Gasteiger partial charge in [0.2, 0.25) is 0 Å². The molecule has 0 aliphatic rings. The summed E-state index contributed by atoms with van der Waals surface area (Å²) in [6, 6.07) is 8.54. The first-order valence-electron chi connectivity index (χ1n) is 3.14. The number of benzene rings is 1. The number of halogens is 3. The van der Waals surface area contributed by atoms with Gasteiger partial charge in [-0.05, 0) is 0 Å². The van der Waals surface area contributed by atoms with Crippen LogP contribution in [0.3, 0.4) is 0 Å². The summed E-state index contributed by atoms with van der Waals surface area (Å²) in [5.41, 5.74) is 1.30. The normalized spacial score (nSPS) is 11.6. The van der Waals surface area contributed by atoms with Crippen molar-refractivity contribution < 1.29 is 0 Å². The van der Waals surface area contributed by atoms with E-state index in [2.05, 4.69) is 73.2 Å². The summed E-state index contributed by atoms with van der Waals surface area (Å²) >= 11 is 10.9. The summed E-state index contributed by atoms with van der Waals surface area (Å²) in [6.07, 6.45) is 0. The molecule has 1 rings (SSSR count). The SMILES string of the molecule is Cc1cc[c]([Ge]([Br])([Br])[Br])cc1. The second-order valence-corrected chi connectivity index (χ2v) is 40.8. The third-order valence-electron chi connectivity index (χ3n) is 1.38. The molecular weight excluding hydrogens is 396 g/mol. The average molecular weight is 403 g/mol. The molecule has 0 amide bonds. The Bertz CT molecular complexity index is 237. The van der Waals surface area contributed by atoms with Crippen molar-refractivity contribution >= 4 is 54.1 Å². The molecule has 0 aliphatic carbocycles. The van der Waals surface area contributed by atoms with E-state index in [4.69, 9.17) is 0 Å². The van der Waals surface area contributed by atoms with E-state index in [0.29, 0.717) is 0 Å². The van der Waals surface area contributed by atoms with Gasteiger partial charge in [0.15, 0.2) is 0 Å². The Morgan fingerprint density at radius 1 is 1.00 bits per heavy atom. The Labute approximate surface area is 90.0 Å². The van der Waals surface area contributed by atoms with Crippen LogP contribution in [0.25, 0.3) is 0 Å². The van der Waals surface area contributed by atoms with Crippen LogP contribution < -0.4 is 4.40 Å². The maximum absolute atomic E-state index is 3.63. The van der Waals surface area contributed by atoms with Crippen molar-refractivity contribution in [1.29, 1.82) is 0 Å². The molecule has 0 unspecified atom stereocenters. The molecule has 0 aliphatic heterocycles. The van der Waals surface area contributed by atoms with Crippen molar-refractivity contribution in [1.82, 2.24) is 0 Å². The number of aryl methyl sites for hydroxylation is 1. The zero-order valence-electron chi connectivity index (χ0n) is 5.94. The van der Waals surface area contributed by atoms with Gasteiger partial charge in [-0.2, -0.15) is 0 Å². The Morgan fingerprint density at radius 3 is 1.82 bits per heavy atom. The van der Waals surface area contributed by atoms with Crippen LogP contribution in [0.2, 0.25) is 0 Å².